The summed E-state index contributed by atoms with van der Waals surface area (Å²) in [6.45, 7) is 4.12. The number of aryl methyl sites for hydroxylation is 2. The summed E-state index contributed by atoms with van der Waals surface area (Å²) < 4.78 is 0. The van der Waals surface area contributed by atoms with Crippen LogP contribution < -0.4 is 5.32 Å². The number of carbonyl (C=O) groups is 2. The first kappa shape index (κ1) is 12.6. The van der Waals surface area contributed by atoms with Gasteiger partial charge in [0.1, 0.15) is 0 Å². The highest BCUT2D eigenvalue weighted by Gasteiger charge is 2.30. The Labute approximate surface area is 117 Å². The zero-order valence-electron chi connectivity index (χ0n) is 11.5. The predicted octanol–water partition coefficient (Wildman–Crippen LogP) is 3.11. The smallest absolute Gasteiger partial charge is 0.259 e. The van der Waals surface area contributed by atoms with E-state index in [1.54, 1.807) is 6.07 Å². The number of nitrogens with one attached hydrogen (secondary N) is 1. The molecule has 1 aliphatic heterocycles. The zero-order valence-corrected chi connectivity index (χ0v) is 11.5. The number of hydrogen-bond donors (Lipinski definition) is 1. The summed E-state index contributed by atoms with van der Waals surface area (Å²) in [6.07, 6.45) is 0.885. The normalized spacial score (nSPS) is 13.3. The molecular formula is C17H15NO2. The van der Waals surface area contributed by atoms with Crippen LogP contribution in [0.2, 0.25) is 0 Å². The molecule has 0 fully saturated rings. The van der Waals surface area contributed by atoms with E-state index < -0.39 is 0 Å². The minimum Gasteiger partial charge on any atom is -0.288 e. The van der Waals surface area contributed by atoms with E-state index in [1.807, 2.05) is 31.2 Å². The van der Waals surface area contributed by atoms with Crippen LogP contribution in [0.25, 0.3) is 11.1 Å². The van der Waals surface area contributed by atoms with Gasteiger partial charge in [-0.15, -0.1) is 0 Å². The maximum atomic E-state index is 12.0. The molecule has 3 heteroatoms. The van der Waals surface area contributed by atoms with Gasteiger partial charge in [-0.25, -0.2) is 0 Å². The molecule has 0 saturated heterocycles. The van der Waals surface area contributed by atoms with E-state index in [0.717, 1.165) is 23.1 Å². The summed E-state index contributed by atoms with van der Waals surface area (Å²) in [5.74, 6) is -0.607. The maximum Gasteiger partial charge on any atom is 0.259 e. The van der Waals surface area contributed by atoms with Crippen molar-refractivity contribution >= 4 is 11.8 Å². The van der Waals surface area contributed by atoms with E-state index in [9.17, 15) is 9.59 Å². The number of benzene rings is 2. The van der Waals surface area contributed by atoms with Crippen LogP contribution in [0.1, 0.15) is 38.8 Å². The van der Waals surface area contributed by atoms with E-state index in [2.05, 4.69) is 18.3 Å². The fourth-order valence-corrected chi connectivity index (χ4v) is 2.84. The summed E-state index contributed by atoms with van der Waals surface area (Å²) >= 11 is 0. The van der Waals surface area contributed by atoms with Crippen LogP contribution in [0.3, 0.4) is 0 Å². The molecular weight excluding hydrogens is 250 g/mol. The van der Waals surface area contributed by atoms with E-state index in [0.29, 0.717) is 11.1 Å². The second-order valence-corrected chi connectivity index (χ2v) is 4.97. The Morgan fingerprint density at radius 3 is 2.35 bits per heavy atom. The number of imide groups is 1. The van der Waals surface area contributed by atoms with Crippen molar-refractivity contribution in [3.8, 4) is 11.1 Å². The molecule has 3 rings (SSSR count). The highest BCUT2D eigenvalue weighted by molar-refractivity contribution is 6.24. The van der Waals surface area contributed by atoms with Crippen LogP contribution in [0.15, 0.2) is 36.4 Å². The van der Waals surface area contributed by atoms with E-state index >= 15 is 0 Å². The molecule has 100 valence electrons. The molecule has 1 heterocycles. The van der Waals surface area contributed by atoms with Crippen LogP contribution in [0.4, 0.5) is 0 Å². The van der Waals surface area contributed by atoms with Crippen LogP contribution in [0.5, 0.6) is 0 Å². The Balaban J connectivity index is 2.33. The Kier molecular flexibility index (Phi) is 2.90. The lowest BCUT2D eigenvalue weighted by molar-refractivity contribution is 0.0880. The van der Waals surface area contributed by atoms with Crippen molar-refractivity contribution in [2.45, 2.75) is 20.3 Å². The fourth-order valence-electron chi connectivity index (χ4n) is 2.84. The third kappa shape index (κ3) is 1.74. The summed E-state index contributed by atoms with van der Waals surface area (Å²) in [6, 6.07) is 11.6. The highest BCUT2D eigenvalue weighted by atomic mass is 16.2. The largest absolute Gasteiger partial charge is 0.288 e. The van der Waals surface area contributed by atoms with Crippen molar-refractivity contribution in [2.24, 2.45) is 0 Å². The van der Waals surface area contributed by atoms with Crippen molar-refractivity contribution in [3.05, 3.63) is 58.7 Å². The average Bonchev–Trinajstić information content (AvgIpc) is 2.74. The van der Waals surface area contributed by atoms with Gasteiger partial charge in [-0.3, -0.25) is 14.9 Å². The monoisotopic (exact) mass is 265 g/mol. The predicted molar refractivity (Wildman–Crippen MR) is 77.8 cm³/mol. The summed E-state index contributed by atoms with van der Waals surface area (Å²) in [7, 11) is 0. The van der Waals surface area contributed by atoms with Crippen LogP contribution in [-0.4, -0.2) is 11.8 Å². The van der Waals surface area contributed by atoms with Gasteiger partial charge in [0.05, 0.1) is 11.1 Å². The van der Waals surface area contributed by atoms with Crippen molar-refractivity contribution in [1.82, 2.24) is 5.32 Å². The Morgan fingerprint density at radius 2 is 1.60 bits per heavy atom. The van der Waals surface area contributed by atoms with Crippen LogP contribution in [-0.2, 0) is 6.42 Å². The molecule has 3 nitrogen and oxygen atoms in total. The van der Waals surface area contributed by atoms with E-state index in [-0.39, 0.29) is 11.8 Å². The van der Waals surface area contributed by atoms with Crippen molar-refractivity contribution in [2.75, 3.05) is 0 Å². The number of fused-ring (bicyclic) bond motifs is 1. The lowest BCUT2D eigenvalue weighted by atomic mass is 9.89. The molecule has 0 spiro atoms. The molecule has 1 aliphatic rings. The maximum absolute atomic E-state index is 12.0. The fraction of sp³-hybridized carbons (Fsp3) is 0.176. The summed E-state index contributed by atoms with van der Waals surface area (Å²) in [5, 5.41) is 2.37. The van der Waals surface area contributed by atoms with Crippen molar-refractivity contribution in [3.63, 3.8) is 0 Å². The standard InChI is InChI=1S/C17H15NO2/c1-3-11-7-4-6-10(2)14(11)12-8-5-9-13-15(12)17(20)18-16(13)19/h4-9H,3H2,1-2H3,(H,18,19,20). The van der Waals surface area contributed by atoms with Crippen LogP contribution >= 0.6 is 0 Å². The van der Waals surface area contributed by atoms with Gasteiger partial charge in [-0.1, -0.05) is 37.3 Å². The highest BCUT2D eigenvalue weighted by Crippen LogP contribution is 2.34. The van der Waals surface area contributed by atoms with E-state index in [1.165, 1.54) is 5.56 Å². The third-order valence-electron chi connectivity index (χ3n) is 3.77. The first-order valence-electron chi connectivity index (χ1n) is 6.71. The Bertz CT molecular complexity index is 732. The summed E-state index contributed by atoms with van der Waals surface area (Å²) in [4.78, 5) is 23.8. The second-order valence-electron chi connectivity index (χ2n) is 4.97. The SMILES string of the molecule is CCc1cccc(C)c1-c1cccc2c1C(=O)NC2=O. The van der Waals surface area contributed by atoms with Gasteiger partial charge in [-0.2, -0.15) is 0 Å². The number of carbonyl (C=O) groups excluding carboxylic acids is 2. The van der Waals surface area contributed by atoms with Gasteiger partial charge in [-0.05, 0) is 41.7 Å². The number of hydrogen-bond acceptors (Lipinski definition) is 2. The third-order valence-corrected chi connectivity index (χ3v) is 3.77. The Morgan fingerprint density at radius 1 is 0.900 bits per heavy atom. The first-order chi connectivity index (χ1) is 9.63. The van der Waals surface area contributed by atoms with Crippen molar-refractivity contribution in [1.29, 1.82) is 0 Å². The molecule has 0 radical (unpaired) electrons. The molecule has 0 bridgehead atoms. The quantitative estimate of drug-likeness (QED) is 0.848. The lowest BCUT2D eigenvalue weighted by Crippen LogP contribution is -2.20. The number of rotatable bonds is 2. The molecule has 2 amide bonds. The topological polar surface area (TPSA) is 46.2 Å². The van der Waals surface area contributed by atoms with Crippen molar-refractivity contribution < 1.29 is 9.59 Å². The Hall–Kier alpha value is -2.42. The minimum absolute atomic E-state index is 0.300. The van der Waals surface area contributed by atoms with Gasteiger partial charge in [0.2, 0.25) is 0 Å². The van der Waals surface area contributed by atoms with Gasteiger partial charge in [0.25, 0.3) is 11.8 Å². The molecule has 1 N–H and O–H groups in total. The molecule has 2 aromatic rings. The number of amides is 2. The molecule has 20 heavy (non-hydrogen) atoms. The minimum atomic E-state index is -0.307. The molecule has 2 aromatic carbocycles. The van der Waals surface area contributed by atoms with Gasteiger partial charge in [0, 0.05) is 0 Å². The average molecular weight is 265 g/mol. The molecule has 0 aromatic heterocycles. The summed E-state index contributed by atoms with van der Waals surface area (Å²) in [5.41, 5.74) is 5.19. The van der Waals surface area contributed by atoms with Crippen LogP contribution in [0, 0.1) is 6.92 Å². The van der Waals surface area contributed by atoms with Gasteiger partial charge in [0.15, 0.2) is 0 Å². The molecule has 0 aliphatic carbocycles. The molecule has 0 atom stereocenters. The zero-order chi connectivity index (χ0) is 14.3. The second kappa shape index (κ2) is 4.60. The van der Waals surface area contributed by atoms with Gasteiger partial charge < -0.3 is 0 Å². The first-order valence-corrected chi connectivity index (χ1v) is 6.71. The van der Waals surface area contributed by atoms with Gasteiger partial charge >= 0.3 is 0 Å². The lowest BCUT2D eigenvalue weighted by Gasteiger charge is -2.14. The van der Waals surface area contributed by atoms with E-state index in [4.69, 9.17) is 0 Å². The molecule has 0 saturated carbocycles. The molecule has 0 unspecified atom stereocenters.